The van der Waals surface area contributed by atoms with E-state index in [4.69, 9.17) is 4.42 Å². The van der Waals surface area contributed by atoms with Crippen LogP contribution in [0.3, 0.4) is 0 Å². The first-order valence-electron chi connectivity index (χ1n) is 6.65. The smallest absolute Gasteiger partial charge is 0.134 e. The van der Waals surface area contributed by atoms with Crippen LogP contribution < -0.4 is 0 Å². The fourth-order valence-electron chi connectivity index (χ4n) is 2.34. The molecule has 0 aliphatic heterocycles. The topological polar surface area (TPSA) is 33.4 Å². The lowest BCUT2D eigenvalue weighted by atomic mass is 10.1. The summed E-state index contributed by atoms with van der Waals surface area (Å²) >= 11 is 3.22. The average Bonchev–Trinajstić information content (AvgIpc) is 2.85. The summed E-state index contributed by atoms with van der Waals surface area (Å²) in [6.07, 6.45) is -0.689. The number of rotatable bonds is 3. The molecule has 2 nitrogen and oxygen atoms in total. The summed E-state index contributed by atoms with van der Waals surface area (Å²) in [5.74, 6) is 0.119. The lowest BCUT2D eigenvalue weighted by molar-refractivity contribution is 0.151. The molecule has 0 aliphatic carbocycles. The molecule has 21 heavy (non-hydrogen) atoms. The molecule has 1 atom stereocenters. The van der Waals surface area contributed by atoms with E-state index >= 15 is 0 Å². The molecule has 1 N–H and O–H groups in total. The van der Waals surface area contributed by atoms with Crippen molar-refractivity contribution >= 4 is 26.9 Å². The Morgan fingerprint density at radius 3 is 2.76 bits per heavy atom. The highest BCUT2D eigenvalue weighted by Gasteiger charge is 2.16. The SMILES string of the molecule is Cc1ccc2oc(C(O)Cc3ccc(Br)cc3F)cc2c1. The Labute approximate surface area is 130 Å². The van der Waals surface area contributed by atoms with Gasteiger partial charge in [-0.25, -0.2) is 4.39 Å². The van der Waals surface area contributed by atoms with Crippen LogP contribution in [0, 0.1) is 12.7 Å². The minimum atomic E-state index is -0.867. The molecule has 0 amide bonds. The molecule has 4 heteroatoms. The summed E-state index contributed by atoms with van der Waals surface area (Å²) in [6, 6.07) is 12.4. The Morgan fingerprint density at radius 2 is 2.00 bits per heavy atom. The van der Waals surface area contributed by atoms with Crippen molar-refractivity contribution in [2.24, 2.45) is 0 Å². The van der Waals surface area contributed by atoms with Gasteiger partial charge in [0.1, 0.15) is 23.3 Å². The van der Waals surface area contributed by atoms with Crippen molar-refractivity contribution in [3.63, 3.8) is 0 Å². The lowest BCUT2D eigenvalue weighted by Crippen LogP contribution is -2.02. The molecule has 3 aromatic rings. The molecule has 1 heterocycles. The van der Waals surface area contributed by atoms with Gasteiger partial charge in [0.05, 0.1) is 0 Å². The number of hydrogen-bond acceptors (Lipinski definition) is 2. The van der Waals surface area contributed by atoms with E-state index in [0.717, 1.165) is 16.5 Å². The molecule has 0 saturated heterocycles. The van der Waals surface area contributed by atoms with Gasteiger partial charge in [0, 0.05) is 16.3 Å². The maximum Gasteiger partial charge on any atom is 0.134 e. The van der Waals surface area contributed by atoms with E-state index < -0.39 is 6.10 Å². The number of halogens is 2. The number of benzene rings is 2. The summed E-state index contributed by atoms with van der Waals surface area (Å²) in [4.78, 5) is 0. The maximum absolute atomic E-state index is 13.8. The van der Waals surface area contributed by atoms with Gasteiger partial charge in [0.25, 0.3) is 0 Å². The second kappa shape index (κ2) is 5.62. The third-order valence-corrected chi connectivity index (χ3v) is 3.94. The van der Waals surface area contributed by atoms with Crippen LogP contribution in [0.5, 0.6) is 0 Å². The molecule has 0 spiro atoms. The van der Waals surface area contributed by atoms with Crippen LogP contribution in [0.25, 0.3) is 11.0 Å². The second-order valence-electron chi connectivity index (χ2n) is 5.15. The third kappa shape index (κ3) is 3.01. The molecule has 1 aromatic heterocycles. The molecule has 1 unspecified atom stereocenters. The van der Waals surface area contributed by atoms with E-state index in [9.17, 15) is 9.50 Å². The van der Waals surface area contributed by atoms with Crippen molar-refractivity contribution in [3.05, 3.63) is 69.6 Å². The van der Waals surface area contributed by atoms with Crippen LogP contribution >= 0.6 is 15.9 Å². The van der Waals surface area contributed by atoms with Gasteiger partial charge >= 0.3 is 0 Å². The molecule has 0 saturated carbocycles. The number of hydrogen-bond donors (Lipinski definition) is 1. The van der Waals surface area contributed by atoms with Crippen LogP contribution in [0.4, 0.5) is 4.39 Å². The monoisotopic (exact) mass is 348 g/mol. The van der Waals surface area contributed by atoms with Crippen molar-refractivity contribution in [1.29, 1.82) is 0 Å². The van der Waals surface area contributed by atoms with Crippen molar-refractivity contribution < 1.29 is 13.9 Å². The first-order valence-corrected chi connectivity index (χ1v) is 7.44. The Bertz CT molecular complexity index is 795. The number of aryl methyl sites for hydroxylation is 1. The molecule has 0 radical (unpaired) electrons. The van der Waals surface area contributed by atoms with Gasteiger partial charge in [-0.05, 0) is 42.8 Å². The van der Waals surface area contributed by atoms with Crippen LogP contribution in [-0.2, 0) is 6.42 Å². The van der Waals surface area contributed by atoms with Gasteiger partial charge in [-0.15, -0.1) is 0 Å². The summed E-state index contributed by atoms with van der Waals surface area (Å²) in [5.41, 5.74) is 2.32. The zero-order chi connectivity index (χ0) is 15.0. The van der Waals surface area contributed by atoms with Gasteiger partial charge in [-0.3, -0.25) is 0 Å². The molecular weight excluding hydrogens is 335 g/mol. The van der Waals surface area contributed by atoms with E-state index in [-0.39, 0.29) is 12.2 Å². The van der Waals surface area contributed by atoms with Gasteiger partial charge in [0.15, 0.2) is 0 Å². The van der Waals surface area contributed by atoms with Crippen molar-refractivity contribution in [2.45, 2.75) is 19.4 Å². The van der Waals surface area contributed by atoms with Gasteiger partial charge in [0.2, 0.25) is 0 Å². The zero-order valence-corrected chi connectivity index (χ0v) is 13.0. The number of furan rings is 1. The van der Waals surface area contributed by atoms with Crippen LogP contribution in [-0.4, -0.2) is 5.11 Å². The Balaban J connectivity index is 1.87. The van der Waals surface area contributed by atoms with E-state index in [0.29, 0.717) is 15.8 Å². The van der Waals surface area contributed by atoms with Crippen molar-refractivity contribution in [2.75, 3.05) is 0 Å². The van der Waals surface area contributed by atoms with Crippen molar-refractivity contribution in [1.82, 2.24) is 0 Å². The Kier molecular flexibility index (Phi) is 3.83. The Morgan fingerprint density at radius 1 is 1.19 bits per heavy atom. The van der Waals surface area contributed by atoms with Gasteiger partial charge in [-0.2, -0.15) is 0 Å². The summed E-state index contributed by atoms with van der Waals surface area (Å²) in [7, 11) is 0. The molecule has 2 aromatic carbocycles. The fourth-order valence-corrected chi connectivity index (χ4v) is 2.68. The number of aliphatic hydroxyl groups is 1. The number of aliphatic hydroxyl groups excluding tert-OH is 1. The first-order chi connectivity index (χ1) is 10.0. The third-order valence-electron chi connectivity index (χ3n) is 3.45. The van der Waals surface area contributed by atoms with Crippen LogP contribution in [0.1, 0.15) is 23.0 Å². The lowest BCUT2D eigenvalue weighted by Gasteiger charge is -2.08. The van der Waals surface area contributed by atoms with E-state index in [2.05, 4.69) is 15.9 Å². The van der Waals surface area contributed by atoms with E-state index in [1.165, 1.54) is 6.07 Å². The minimum Gasteiger partial charge on any atom is -0.458 e. The zero-order valence-electron chi connectivity index (χ0n) is 11.4. The normalized spacial score (nSPS) is 12.8. The minimum absolute atomic E-state index is 0.178. The summed E-state index contributed by atoms with van der Waals surface area (Å²) in [5, 5.41) is 11.2. The quantitative estimate of drug-likeness (QED) is 0.728. The summed E-state index contributed by atoms with van der Waals surface area (Å²) < 4.78 is 20.1. The highest BCUT2D eigenvalue weighted by molar-refractivity contribution is 9.10. The molecular formula is C17H14BrFO2. The molecule has 0 fully saturated rings. The van der Waals surface area contributed by atoms with Crippen LogP contribution in [0.15, 0.2) is 51.4 Å². The highest BCUT2D eigenvalue weighted by atomic mass is 79.9. The molecule has 108 valence electrons. The number of fused-ring (bicyclic) bond motifs is 1. The fraction of sp³-hybridized carbons (Fsp3) is 0.176. The standard InChI is InChI=1S/C17H14BrFO2/c1-10-2-5-16-12(6-10)8-17(21-16)15(20)7-11-3-4-13(18)9-14(11)19/h2-6,8-9,15,20H,7H2,1H3. The largest absolute Gasteiger partial charge is 0.458 e. The second-order valence-corrected chi connectivity index (χ2v) is 6.06. The molecule has 0 bridgehead atoms. The molecule has 3 rings (SSSR count). The highest BCUT2D eigenvalue weighted by Crippen LogP contribution is 2.28. The van der Waals surface area contributed by atoms with E-state index in [1.807, 2.05) is 31.2 Å². The average molecular weight is 349 g/mol. The predicted molar refractivity (Wildman–Crippen MR) is 83.7 cm³/mol. The first kappa shape index (κ1) is 14.3. The van der Waals surface area contributed by atoms with Crippen molar-refractivity contribution in [3.8, 4) is 0 Å². The van der Waals surface area contributed by atoms with Gasteiger partial charge < -0.3 is 9.52 Å². The Hall–Kier alpha value is -1.65. The predicted octanol–water partition coefficient (Wildman–Crippen LogP) is 4.92. The van der Waals surface area contributed by atoms with Crippen LogP contribution in [0.2, 0.25) is 0 Å². The maximum atomic E-state index is 13.8. The van der Waals surface area contributed by atoms with Gasteiger partial charge in [-0.1, -0.05) is 33.6 Å². The molecule has 0 aliphatic rings. The summed E-state index contributed by atoms with van der Waals surface area (Å²) in [6.45, 7) is 2.00. The van der Waals surface area contributed by atoms with E-state index in [1.54, 1.807) is 12.1 Å².